The second-order valence-electron chi connectivity index (χ2n) is 5.55. The molecule has 2 fully saturated rings. The van der Waals surface area contributed by atoms with Crippen LogP contribution in [-0.2, 0) is 4.79 Å². The minimum Gasteiger partial charge on any atom is -0.300 e. The van der Waals surface area contributed by atoms with Crippen LogP contribution in [0, 0.1) is 12.8 Å². The van der Waals surface area contributed by atoms with Crippen LogP contribution in [0.25, 0.3) is 0 Å². The fourth-order valence-electron chi connectivity index (χ4n) is 2.69. The van der Waals surface area contributed by atoms with E-state index >= 15 is 0 Å². The van der Waals surface area contributed by atoms with Crippen LogP contribution in [0.3, 0.4) is 0 Å². The van der Waals surface area contributed by atoms with Gasteiger partial charge in [0.2, 0.25) is 11.9 Å². The highest BCUT2D eigenvalue weighted by molar-refractivity contribution is 5.90. The van der Waals surface area contributed by atoms with Gasteiger partial charge in [0.25, 0.3) is 0 Å². The Hall–Kier alpha value is -1.49. The molecule has 19 heavy (non-hydrogen) atoms. The summed E-state index contributed by atoms with van der Waals surface area (Å²) >= 11 is 0. The smallest absolute Gasteiger partial charge is 0.229 e. The molecule has 0 spiro atoms. The van der Waals surface area contributed by atoms with Crippen LogP contribution >= 0.6 is 0 Å². The number of carbonyl (C=O) groups excluding carboxylic acids is 1. The zero-order valence-electron chi connectivity index (χ0n) is 11.3. The molecule has 5 heteroatoms. The molecule has 0 atom stereocenters. The predicted molar refractivity (Wildman–Crippen MR) is 72.7 cm³/mol. The number of nitrogens with one attached hydrogen (secondary N) is 1. The Kier molecular flexibility index (Phi) is 3.46. The van der Waals surface area contributed by atoms with Crippen molar-refractivity contribution in [3.8, 4) is 0 Å². The van der Waals surface area contributed by atoms with Crippen molar-refractivity contribution in [2.24, 2.45) is 5.92 Å². The average Bonchev–Trinajstić information content (AvgIpc) is 3.23. The van der Waals surface area contributed by atoms with Crippen molar-refractivity contribution in [3.63, 3.8) is 0 Å². The Balaban J connectivity index is 1.53. The summed E-state index contributed by atoms with van der Waals surface area (Å²) in [5.74, 6) is 0.606. The molecule has 3 rings (SSSR count). The number of anilines is 1. The van der Waals surface area contributed by atoms with E-state index in [0.29, 0.717) is 5.95 Å². The highest BCUT2D eigenvalue weighted by Gasteiger charge is 2.33. The number of hydrogen-bond acceptors (Lipinski definition) is 4. The van der Waals surface area contributed by atoms with Gasteiger partial charge in [-0.2, -0.15) is 0 Å². The van der Waals surface area contributed by atoms with Crippen molar-refractivity contribution < 1.29 is 4.79 Å². The zero-order chi connectivity index (χ0) is 13.2. The molecule has 1 amide bonds. The number of amides is 1. The lowest BCUT2D eigenvalue weighted by Crippen LogP contribution is -2.39. The van der Waals surface area contributed by atoms with Gasteiger partial charge in [-0.1, -0.05) is 0 Å². The number of aromatic nitrogens is 2. The highest BCUT2D eigenvalue weighted by Crippen LogP contribution is 2.31. The van der Waals surface area contributed by atoms with Crippen LogP contribution in [0.2, 0.25) is 0 Å². The van der Waals surface area contributed by atoms with Crippen molar-refractivity contribution in [3.05, 3.63) is 18.0 Å². The van der Waals surface area contributed by atoms with Crippen molar-refractivity contribution in [2.45, 2.75) is 38.6 Å². The van der Waals surface area contributed by atoms with E-state index in [1.165, 1.54) is 12.8 Å². The third kappa shape index (κ3) is 3.10. The van der Waals surface area contributed by atoms with E-state index in [0.717, 1.165) is 37.7 Å². The van der Waals surface area contributed by atoms with Crippen LogP contribution in [-0.4, -0.2) is 39.9 Å². The quantitative estimate of drug-likeness (QED) is 0.896. The van der Waals surface area contributed by atoms with Crippen LogP contribution in [0.1, 0.15) is 31.4 Å². The zero-order valence-corrected chi connectivity index (χ0v) is 11.3. The molecule has 2 aliphatic rings. The monoisotopic (exact) mass is 260 g/mol. The van der Waals surface area contributed by atoms with E-state index in [2.05, 4.69) is 20.2 Å². The predicted octanol–water partition coefficient (Wildman–Crippen LogP) is 1.60. The maximum Gasteiger partial charge on any atom is 0.229 e. The Labute approximate surface area is 113 Å². The fourth-order valence-corrected chi connectivity index (χ4v) is 2.69. The molecule has 1 N–H and O–H groups in total. The van der Waals surface area contributed by atoms with Gasteiger partial charge in [0.1, 0.15) is 0 Å². The van der Waals surface area contributed by atoms with Gasteiger partial charge in [-0.25, -0.2) is 9.97 Å². The Morgan fingerprint density at radius 2 is 2.05 bits per heavy atom. The summed E-state index contributed by atoms with van der Waals surface area (Å²) in [5.41, 5.74) is 0.869. The van der Waals surface area contributed by atoms with E-state index < -0.39 is 0 Å². The van der Waals surface area contributed by atoms with Crippen LogP contribution < -0.4 is 5.32 Å². The molecule has 0 aromatic carbocycles. The van der Waals surface area contributed by atoms with Crippen LogP contribution in [0.4, 0.5) is 5.95 Å². The lowest BCUT2D eigenvalue weighted by atomic mass is 9.96. The number of hydrogen-bond donors (Lipinski definition) is 1. The summed E-state index contributed by atoms with van der Waals surface area (Å²) in [5, 5.41) is 2.83. The van der Waals surface area contributed by atoms with E-state index in [1.807, 2.05) is 13.0 Å². The van der Waals surface area contributed by atoms with Gasteiger partial charge in [-0.15, -0.1) is 0 Å². The van der Waals surface area contributed by atoms with E-state index in [1.54, 1.807) is 6.20 Å². The largest absolute Gasteiger partial charge is 0.300 e. The summed E-state index contributed by atoms with van der Waals surface area (Å²) in [6, 6.07) is 2.63. The molecule has 1 aliphatic carbocycles. The fraction of sp³-hybridized carbons (Fsp3) is 0.643. The SMILES string of the molecule is Cc1ccnc(NC(=O)C2CCN(C3CC3)CC2)n1. The number of nitrogens with zero attached hydrogens (tertiary/aromatic N) is 3. The second-order valence-corrected chi connectivity index (χ2v) is 5.55. The molecule has 1 saturated carbocycles. The molecule has 2 heterocycles. The average molecular weight is 260 g/mol. The van der Waals surface area contributed by atoms with Crippen molar-refractivity contribution in [1.29, 1.82) is 0 Å². The standard InChI is InChI=1S/C14H20N4O/c1-10-4-7-15-14(16-10)17-13(19)11-5-8-18(9-6-11)12-2-3-12/h4,7,11-12H,2-3,5-6,8-9H2,1H3,(H,15,16,17,19). The van der Waals surface area contributed by atoms with Crippen molar-refractivity contribution in [1.82, 2.24) is 14.9 Å². The molecular formula is C14H20N4O. The summed E-state index contributed by atoms with van der Waals surface area (Å²) in [4.78, 5) is 23.0. The van der Waals surface area contributed by atoms with Gasteiger partial charge in [0.15, 0.2) is 0 Å². The number of piperidine rings is 1. The van der Waals surface area contributed by atoms with E-state index in [-0.39, 0.29) is 11.8 Å². The molecule has 1 aliphatic heterocycles. The molecule has 1 saturated heterocycles. The molecular weight excluding hydrogens is 240 g/mol. The molecule has 0 bridgehead atoms. The first-order chi connectivity index (χ1) is 9.22. The first kappa shape index (κ1) is 12.5. The molecule has 102 valence electrons. The van der Waals surface area contributed by atoms with Gasteiger partial charge < -0.3 is 4.90 Å². The summed E-state index contributed by atoms with van der Waals surface area (Å²) in [6.07, 6.45) is 6.26. The van der Waals surface area contributed by atoms with Crippen molar-refractivity contribution in [2.75, 3.05) is 18.4 Å². The maximum absolute atomic E-state index is 12.2. The Bertz CT molecular complexity index is 464. The third-order valence-electron chi connectivity index (χ3n) is 3.99. The molecule has 0 unspecified atom stereocenters. The van der Waals surface area contributed by atoms with Crippen LogP contribution in [0.15, 0.2) is 12.3 Å². The van der Waals surface area contributed by atoms with Gasteiger partial charge in [-0.3, -0.25) is 10.1 Å². The molecule has 1 aromatic heterocycles. The van der Waals surface area contributed by atoms with E-state index in [9.17, 15) is 4.79 Å². The number of aryl methyl sites for hydroxylation is 1. The summed E-state index contributed by atoms with van der Waals surface area (Å²) < 4.78 is 0. The first-order valence-electron chi connectivity index (χ1n) is 7.07. The van der Waals surface area contributed by atoms with Crippen molar-refractivity contribution >= 4 is 11.9 Å². The van der Waals surface area contributed by atoms with Crippen LogP contribution in [0.5, 0.6) is 0 Å². The number of likely N-dealkylation sites (tertiary alicyclic amines) is 1. The minimum absolute atomic E-state index is 0.0704. The lowest BCUT2D eigenvalue weighted by Gasteiger charge is -2.31. The van der Waals surface area contributed by atoms with Gasteiger partial charge in [-0.05, 0) is 51.8 Å². The number of carbonyl (C=O) groups is 1. The Morgan fingerprint density at radius 3 is 2.68 bits per heavy atom. The Morgan fingerprint density at radius 1 is 1.32 bits per heavy atom. The molecule has 5 nitrogen and oxygen atoms in total. The summed E-state index contributed by atoms with van der Waals surface area (Å²) in [7, 11) is 0. The molecule has 1 aromatic rings. The third-order valence-corrected chi connectivity index (χ3v) is 3.99. The maximum atomic E-state index is 12.2. The summed E-state index contributed by atoms with van der Waals surface area (Å²) in [6.45, 7) is 4.00. The second kappa shape index (κ2) is 5.25. The van der Waals surface area contributed by atoms with Gasteiger partial charge in [0, 0.05) is 23.9 Å². The lowest BCUT2D eigenvalue weighted by molar-refractivity contribution is -0.121. The van der Waals surface area contributed by atoms with E-state index in [4.69, 9.17) is 0 Å². The highest BCUT2D eigenvalue weighted by atomic mass is 16.2. The van der Waals surface area contributed by atoms with Gasteiger partial charge >= 0.3 is 0 Å². The molecule has 0 radical (unpaired) electrons. The minimum atomic E-state index is 0.0704. The van der Waals surface area contributed by atoms with Gasteiger partial charge in [0.05, 0.1) is 0 Å². The number of rotatable bonds is 3. The normalized spacial score (nSPS) is 21.3. The topological polar surface area (TPSA) is 58.1 Å². The first-order valence-corrected chi connectivity index (χ1v) is 7.07.